The normalized spacial score (nSPS) is 23.1. The lowest BCUT2D eigenvalue weighted by Crippen LogP contribution is -2.45. The van der Waals surface area contributed by atoms with Gasteiger partial charge < -0.3 is 9.68 Å². The smallest absolute Gasteiger partial charge is 0.335 e. The van der Waals surface area contributed by atoms with Crippen molar-refractivity contribution in [3.8, 4) is 0 Å². The summed E-state index contributed by atoms with van der Waals surface area (Å²) in [5.41, 5.74) is 4.93. The van der Waals surface area contributed by atoms with E-state index < -0.39 is 35.6 Å². The molecule has 2 aromatic rings. The summed E-state index contributed by atoms with van der Waals surface area (Å²) in [5.74, 6) is -4.37. The molecule has 8 heteroatoms. The van der Waals surface area contributed by atoms with Gasteiger partial charge in [-0.2, -0.15) is 11.0 Å². The van der Waals surface area contributed by atoms with Gasteiger partial charge in [0.25, 0.3) is 11.8 Å². The molecule has 0 spiro atoms. The number of fused-ring (bicyclic) bond motifs is 2. The van der Waals surface area contributed by atoms with Crippen LogP contribution in [0.2, 0.25) is 0 Å². The van der Waals surface area contributed by atoms with Crippen molar-refractivity contribution in [1.82, 2.24) is 11.0 Å². The predicted molar refractivity (Wildman–Crippen MR) is 108 cm³/mol. The Morgan fingerprint density at radius 3 is 1.42 bits per heavy atom. The van der Waals surface area contributed by atoms with Gasteiger partial charge >= 0.3 is 11.9 Å². The molecule has 1 saturated carbocycles. The molecule has 2 aliphatic carbocycles. The fourth-order valence-corrected chi connectivity index (χ4v) is 4.13. The number of benzene rings is 2. The number of hydroxylamine groups is 2. The van der Waals surface area contributed by atoms with Gasteiger partial charge in [0.1, 0.15) is 0 Å². The Kier molecular flexibility index (Phi) is 5.79. The van der Waals surface area contributed by atoms with Crippen molar-refractivity contribution in [2.45, 2.75) is 6.42 Å². The second kappa shape index (κ2) is 8.83. The number of amides is 2. The lowest BCUT2D eigenvalue weighted by molar-refractivity contribution is -0.145. The highest BCUT2D eigenvalue weighted by molar-refractivity contribution is 5.93. The average Bonchev–Trinajstić information content (AvgIpc) is 3.43. The summed E-state index contributed by atoms with van der Waals surface area (Å²) in [6.45, 7) is 0. The summed E-state index contributed by atoms with van der Waals surface area (Å²) in [7, 11) is 0. The molecule has 2 aliphatic rings. The van der Waals surface area contributed by atoms with Crippen LogP contribution in [0.5, 0.6) is 0 Å². The van der Waals surface area contributed by atoms with Crippen molar-refractivity contribution < 1.29 is 28.9 Å². The van der Waals surface area contributed by atoms with E-state index in [1.807, 2.05) is 12.2 Å². The number of hydrogen-bond donors (Lipinski definition) is 2. The number of allylic oxidation sites excluding steroid dienone is 2. The van der Waals surface area contributed by atoms with Crippen molar-refractivity contribution in [3.63, 3.8) is 0 Å². The van der Waals surface area contributed by atoms with Crippen LogP contribution in [0.1, 0.15) is 27.1 Å². The molecular formula is C23H20N2O6. The van der Waals surface area contributed by atoms with Crippen LogP contribution in [0.3, 0.4) is 0 Å². The predicted octanol–water partition coefficient (Wildman–Crippen LogP) is 2.20. The third-order valence-electron chi connectivity index (χ3n) is 5.57. The van der Waals surface area contributed by atoms with Gasteiger partial charge in [-0.1, -0.05) is 48.6 Å². The van der Waals surface area contributed by atoms with Gasteiger partial charge in [0.05, 0.1) is 23.0 Å². The minimum atomic E-state index is -0.742. The zero-order valence-electron chi connectivity index (χ0n) is 16.4. The van der Waals surface area contributed by atoms with E-state index in [0.29, 0.717) is 6.42 Å². The van der Waals surface area contributed by atoms with E-state index in [1.54, 1.807) is 60.7 Å². The second-order valence-electron chi connectivity index (χ2n) is 7.44. The van der Waals surface area contributed by atoms with Crippen LogP contribution in [0.4, 0.5) is 0 Å². The summed E-state index contributed by atoms with van der Waals surface area (Å²) >= 11 is 0. The molecule has 0 heterocycles. The lowest BCUT2D eigenvalue weighted by Gasteiger charge is -2.25. The Morgan fingerprint density at radius 2 is 1.03 bits per heavy atom. The van der Waals surface area contributed by atoms with Gasteiger partial charge in [-0.25, -0.2) is 9.59 Å². The van der Waals surface area contributed by atoms with Crippen LogP contribution in [-0.2, 0) is 19.3 Å². The van der Waals surface area contributed by atoms with Gasteiger partial charge in [-0.15, -0.1) is 0 Å². The molecule has 4 atom stereocenters. The Labute approximate surface area is 178 Å². The van der Waals surface area contributed by atoms with E-state index in [0.717, 1.165) is 0 Å². The van der Waals surface area contributed by atoms with Crippen LogP contribution >= 0.6 is 0 Å². The number of hydrogen-bond acceptors (Lipinski definition) is 6. The largest absolute Gasteiger partial charge is 0.362 e. The van der Waals surface area contributed by atoms with Crippen LogP contribution in [-0.4, -0.2) is 23.8 Å². The number of carbonyl (C=O) groups excluding carboxylic acids is 4. The minimum Gasteiger partial charge on any atom is -0.335 e. The quantitative estimate of drug-likeness (QED) is 0.580. The van der Waals surface area contributed by atoms with Crippen molar-refractivity contribution in [2.24, 2.45) is 23.7 Å². The third-order valence-corrected chi connectivity index (χ3v) is 5.57. The second-order valence-corrected chi connectivity index (χ2v) is 7.44. The SMILES string of the molecule is O=C(ONC(=O)[C@H]1C2C=CC(C2)[C@@H]1C(=O)NOC(=O)c1ccccc1)c1ccccc1. The van der Waals surface area contributed by atoms with E-state index in [9.17, 15) is 19.2 Å². The highest BCUT2D eigenvalue weighted by Gasteiger charge is 2.52. The molecule has 8 nitrogen and oxygen atoms in total. The average molecular weight is 420 g/mol. The van der Waals surface area contributed by atoms with Gasteiger partial charge in [0.2, 0.25) is 0 Å². The fourth-order valence-electron chi connectivity index (χ4n) is 4.13. The molecule has 0 aromatic heterocycles. The van der Waals surface area contributed by atoms with Crippen LogP contribution < -0.4 is 11.0 Å². The molecule has 2 amide bonds. The van der Waals surface area contributed by atoms with Crippen LogP contribution in [0.15, 0.2) is 72.8 Å². The molecule has 0 saturated heterocycles. The fraction of sp³-hybridized carbons (Fsp3) is 0.217. The molecule has 2 aromatic carbocycles. The molecule has 2 bridgehead atoms. The summed E-state index contributed by atoms with van der Waals surface area (Å²) in [6, 6.07) is 16.5. The standard InChI is InChI=1S/C23H20N2O6/c26-20(24-30-22(28)14-7-3-1-4-8-14)18-16-11-12-17(13-16)19(18)21(27)25-31-23(29)15-9-5-2-6-10-15/h1-12,16-19H,13H2,(H,24,26)(H,25,27)/t16?,17?,18-,19-/m0/s1. The maximum absolute atomic E-state index is 12.7. The summed E-state index contributed by atoms with van der Waals surface area (Å²) in [5, 5.41) is 0. The molecule has 31 heavy (non-hydrogen) atoms. The van der Waals surface area contributed by atoms with Gasteiger partial charge in [0, 0.05) is 0 Å². The van der Waals surface area contributed by atoms with Crippen LogP contribution in [0.25, 0.3) is 0 Å². The van der Waals surface area contributed by atoms with E-state index in [1.165, 1.54) is 0 Å². The Morgan fingerprint density at radius 1 is 0.645 bits per heavy atom. The maximum atomic E-state index is 12.7. The molecule has 4 rings (SSSR count). The minimum absolute atomic E-state index is 0.166. The molecule has 0 aliphatic heterocycles. The zero-order chi connectivity index (χ0) is 21.8. The first-order valence-corrected chi connectivity index (χ1v) is 9.85. The number of rotatable bonds is 4. The van der Waals surface area contributed by atoms with Gasteiger partial charge in [0.15, 0.2) is 0 Å². The van der Waals surface area contributed by atoms with Crippen molar-refractivity contribution in [3.05, 3.63) is 83.9 Å². The molecule has 2 N–H and O–H groups in total. The van der Waals surface area contributed by atoms with Gasteiger partial charge in [-0.3, -0.25) is 9.59 Å². The van der Waals surface area contributed by atoms with E-state index in [-0.39, 0.29) is 23.0 Å². The molecule has 0 radical (unpaired) electrons. The Hall–Kier alpha value is -3.94. The highest BCUT2D eigenvalue weighted by Crippen LogP contribution is 2.48. The lowest BCUT2D eigenvalue weighted by atomic mass is 9.82. The number of carbonyl (C=O) groups is 4. The third kappa shape index (κ3) is 4.32. The topological polar surface area (TPSA) is 111 Å². The Bertz CT molecular complexity index is 939. The first kappa shape index (κ1) is 20.3. The van der Waals surface area contributed by atoms with Gasteiger partial charge in [-0.05, 0) is 42.5 Å². The first-order valence-electron chi connectivity index (χ1n) is 9.85. The summed E-state index contributed by atoms with van der Waals surface area (Å²) < 4.78 is 0. The van der Waals surface area contributed by atoms with E-state index in [4.69, 9.17) is 9.68 Å². The maximum Gasteiger partial charge on any atom is 0.362 e. The van der Waals surface area contributed by atoms with E-state index >= 15 is 0 Å². The molecule has 1 fully saturated rings. The molecule has 2 unspecified atom stereocenters. The van der Waals surface area contributed by atoms with Crippen molar-refractivity contribution in [1.29, 1.82) is 0 Å². The zero-order valence-corrected chi connectivity index (χ0v) is 16.4. The number of nitrogens with one attached hydrogen (secondary N) is 2. The first-order chi connectivity index (χ1) is 15.0. The summed E-state index contributed by atoms with van der Waals surface area (Å²) in [6.07, 6.45) is 4.39. The van der Waals surface area contributed by atoms with Crippen molar-refractivity contribution >= 4 is 23.8 Å². The van der Waals surface area contributed by atoms with Crippen LogP contribution in [0, 0.1) is 23.7 Å². The highest BCUT2D eigenvalue weighted by atomic mass is 16.7. The van der Waals surface area contributed by atoms with Crippen molar-refractivity contribution in [2.75, 3.05) is 0 Å². The Balaban J connectivity index is 1.37. The molecular weight excluding hydrogens is 400 g/mol. The molecule has 158 valence electrons. The van der Waals surface area contributed by atoms with E-state index in [2.05, 4.69) is 11.0 Å². The summed E-state index contributed by atoms with van der Waals surface area (Å²) in [4.78, 5) is 59.4. The monoisotopic (exact) mass is 420 g/mol.